The monoisotopic (exact) mass is 477 g/mol. The van der Waals surface area contributed by atoms with Crippen LogP contribution in [0.25, 0.3) is 0 Å². The van der Waals surface area contributed by atoms with E-state index in [1.807, 2.05) is 6.07 Å². The molecule has 0 radical (unpaired) electrons. The maximum atomic E-state index is 13.4. The summed E-state index contributed by atoms with van der Waals surface area (Å²) in [5.74, 6) is -0.567. The molecular weight excluding hydrogens is 458 g/mol. The number of hydrogen-bond acceptors (Lipinski definition) is 9. The molecule has 0 bridgehead atoms. The van der Waals surface area contributed by atoms with E-state index in [1.54, 1.807) is 7.05 Å². The van der Waals surface area contributed by atoms with E-state index < -0.39 is 21.8 Å². The van der Waals surface area contributed by atoms with Gasteiger partial charge in [-0.2, -0.15) is 5.26 Å². The highest BCUT2D eigenvalue weighted by Crippen LogP contribution is 2.34. The van der Waals surface area contributed by atoms with Crippen molar-refractivity contribution in [3.8, 4) is 6.07 Å². The number of nitriles is 1. The number of nitrogens with zero attached hydrogens (tertiary/aromatic N) is 7. The van der Waals surface area contributed by atoms with E-state index in [1.165, 1.54) is 34.7 Å². The molecule has 1 amide bonds. The zero-order chi connectivity index (χ0) is 23.5. The lowest BCUT2D eigenvalue weighted by Crippen LogP contribution is -2.34. The lowest BCUT2D eigenvalue weighted by molar-refractivity contribution is 0.0891. The number of anilines is 1. The number of hydrogen-bond donors (Lipinski definition) is 0. The first kappa shape index (κ1) is 23.4. The van der Waals surface area contributed by atoms with Gasteiger partial charge in [0, 0.05) is 25.6 Å². The molecule has 1 atom stereocenters. The predicted molar refractivity (Wildman–Crippen MR) is 116 cm³/mol. The van der Waals surface area contributed by atoms with Crippen LogP contribution < -0.4 is 4.90 Å². The highest BCUT2D eigenvalue weighted by atomic mass is 35.5. The Morgan fingerprint density at radius 2 is 2.25 bits per heavy atom. The van der Waals surface area contributed by atoms with Gasteiger partial charge < -0.3 is 4.84 Å². The van der Waals surface area contributed by atoms with Crippen LogP contribution in [-0.4, -0.2) is 58.6 Å². The zero-order valence-electron chi connectivity index (χ0n) is 17.4. The topological polar surface area (TPSA) is 143 Å². The van der Waals surface area contributed by atoms with E-state index in [9.17, 15) is 13.2 Å². The molecule has 0 saturated heterocycles. The van der Waals surface area contributed by atoms with Gasteiger partial charge in [-0.1, -0.05) is 34.9 Å². The molecule has 168 valence electrons. The number of carbonyl (C=O) groups excluding carboxylic acids is 1. The second kappa shape index (κ2) is 9.46. The molecule has 1 aliphatic rings. The molecule has 32 heavy (non-hydrogen) atoms. The van der Waals surface area contributed by atoms with Gasteiger partial charge in [-0.25, -0.2) is 13.1 Å². The molecular formula is C19H20ClN7O4S. The number of amides is 1. The van der Waals surface area contributed by atoms with Crippen LogP contribution in [0, 0.1) is 11.3 Å². The van der Waals surface area contributed by atoms with Crippen molar-refractivity contribution in [2.24, 2.45) is 12.2 Å². The molecule has 1 aromatic carbocycles. The number of rotatable bonds is 8. The van der Waals surface area contributed by atoms with Gasteiger partial charge >= 0.3 is 0 Å². The third-order valence-electron chi connectivity index (χ3n) is 4.79. The number of benzene rings is 1. The van der Waals surface area contributed by atoms with Crippen molar-refractivity contribution in [3.05, 3.63) is 40.9 Å². The molecule has 0 spiro atoms. The van der Waals surface area contributed by atoms with Crippen molar-refractivity contribution in [1.29, 1.82) is 5.26 Å². The standard InChI is InChI=1S/C19H20ClN7O4S/c1-4-10-27(19-22-24-25-26(19)3)18(28)13-6-7-15(32(29,30)5-2)16(17(13)20)14-11-12(8-9-21)31-23-14/h4,6-7,12H,1,5,8,10-11H2,2-3H3. The Balaban J connectivity index is 2.14. The van der Waals surface area contributed by atoms with Crippen molar-refractivity contribution < 1.29 is 18.0 Å². The fourth-order valence-electron chi connectivity index (χ4n) is 3.18. The summed E-state index contributed by atoms with van der Waals surface area (Å²) in [6.45, 7) is 5.25. The van der Waals surface area contributed by atoms with Crippen molar-refractivity contribution in [2.45, 2.75) is 30.8 Å². The number of aryl methyl sites for hydroxylation is 1. The van der Waals surface area contributed by atoms with Crippen LogP contribution in [0.4, 0.5) is 5.95 Å². The van der Waals surface area contributed by atoms with Crippen molar-refractivity contribution >= 4 is 39.0 Å². The van der Waals surface area contributed by atoms with Gasteiger partial charge in [0.2, 0.25) is 0 Å². The van der Waals surface area contributed by atoms with Crippen LogP contribution in [0.1, 0.15) is 35.7 Å². The van der Waals surface area contributed by atoms with Gasteiger partial charge in [0.05, 0.1) is 39.4 Å². The van der Waals surface area contributed by atoms with Crippen LogP contribution in [0.5, 0.6) is 0 Å². The predicted octanol–water partition coefficient (Wildman–Crippen LogP) is 1.90. The van der Waals surface area contributed by atoms with Gasteiger partial charge in [-0.3, -0.25) is 9.69 Å². The number of carbonyl (C=O) groups is 1. The minimum Gasteiger partial charge on any atom is -0.391 e. The van der Waals surface area contributed by atoms with Crippen molar-refractivity contribution in [1.82, 2.24) is 20.2 Å². The summed E-state index contributed by atoms with van der Waals surface area (Å²) in [4.78, 5) is 19.8. The van der Waals surface area contributed by atoms with Gasteiger partial charge in [-0.05, 0) is 22.6 Å². The molecule has 0 saturated carbocycles. The second-order valence-electron chi connectivity index (χ2n) is 6.84. The molecule has 1 aromatic heterocycles. The molecule has 1 unspecified atom stereocenters. The van der Waals surface area contributed by atoms with Crippen LogP contribution >= 0.6 is 11.6 Å². The lowest BCUT2D eigenvalue weighted by atomic mass is 10.0. The Hall–Kier alpha value is -3.30. The van der Waals surface area contributed by atoms with Gasteiger partial charge in [0.25, 0.3) is 11.9 Å². The molecule has 2 heterocycles. The highest BCUT2D eigenvalue weighted by molar-refractivity contribution is 7.91. The molecule has 0 aliphatic carbocycles. The highest BCUT2D eigenvalue weighted by Gasteiger charge is 2.33. The van der Waals surface area contributed by atoms with Crippen LogP contribution in [0.3, 0.4) is 0 Å². The van der Waals surface area contributed by atoms with E-state index in [-0.39, 0.29) is 57.8 Å². The van der Waals surface area contributed by atoms with Crippen LogP contribution in [0.15, 0.2) is 34.8 Å². The van der Waals surface area contributed by atoms with Crippen LogP contribution in [0.2, 0.25) is 5.02 Å². The Morgan fingerprint density at radius 1 is 1.50 bits per heavy atom. The smallest absolute Gasteiger partial charge is 0.262 e. The zero-order valence-corrected chi connectivity index (χ0v) is 19.0. The van der Waals surface area contributed by atoms with E-state index in [4.69, 9.17) is 21.7 Å². The number of oxime groups is 1. The number of sulfone groups is 1. The Labute approximate surface area is 189 Å². The average molecular weight is 478 g/mol. The van der Waals surface area contributed by atoms with Gasteiger partial charge in [0.1, 0.15) is 6.10 Å². The molecule has 3 rings (SSSR count). The molecule has 13 heteroatoms. The van der Waals surface area contributed by atoms with Crippen molar-refractivity contribution in [2.75, 3.05) is 17.2 Å². The van der Waals surface area contributed by atoms with Crippen molar-refractivity contribution in [3.63, 3.8) is 0 Å². The fraction of sp³-hybridized carbons (Fsp3) is 0.368. The molecule has 0 N–H and O–H groups in total. The Kier molecular flexibility index (Phi) is 6.90. The largest absolute Gasteiger partial charge is 0.391 e. The average Bonchev–Trinajstić information content (AvgIpc) is 3.40. The first-order valence-electron chi connectivity index (χ1n) is 9.55. The summed E-state index contributed by atoms with van der Waals surface area (Å²) in [5.41, 5.74) is 0.384. The Morgan fingerprint density at radius 3 is 2.84 bits per heavy atom. The molecule has 1 aliphatic heterocycles. The van der Waals surface area contributed by atoms with Gasteiger partial charge in [0.15, 0.2) is 9.84 Å². The van der Waals surface area contributed by atoms with E-state index in [0.717, 1.165) is 0 Å². The normalized spacial score (nSPS) is 15.6. The summed E-state index contributed by atoms with van der Waals surface area (Å²) >= 11 is 6.62. The van der Waals surface area contributed by atoms with Gasteiger partial charge in [-0.15, -0.1) is 6.58 Å². The number of halogens is 1. The quantitative estimate of drug-likeness (QED) is 0.524. The first-order valence-corrected chi connectivity index (χ1v) is 11.6. The maximum Gasteiger partial charge on any atom is 0.262 e. The minimum absolute atomic E-state index is 0.0352. The SMILES string of the molecule is C=CCN(C(=O)c1ccc(S(=O)(=O)CC)c(C2=NOC(CC#N)C2)c1Cl)c1nnnn1C. The maximum absolute atomic E-state index is 13.4. The minimum atomic E-state index is -3.70. The van der Waals surface area contributed by atoms with E-state index in [0.29, 0.717) is 0 Å². The summed E-state index contributed by atoms with van der Waals surface area (Å²) in [7, 11) is -2.13. The third-order valence-corrected chi connectivity index (χ3v) is 6.95. The number of tetrazole rings is 1. The summed E-state index contributed by atoms with van der Waals surface area (Å²) < 4.78 is 26.8. The summed E-state index contributed by atoms with van der Waals surface area (Å²) in [6.07, 6.45) is 1.23. The summed E-state index contributed by atoms with van der Waals surface area (Å²) in [6, 6.07) is 4.67. The van der Waals surface area contributed by atoms with Crippen LogP contribution in [-0.2, 0) is 21.7 Å². The molecule has 2 aromatic rings. The summed E-state index contributed by atoms with van der Waals surface area (Å²) in [5, 5.41) is 23.9. The van der Waals surface area contributed by atoms with E-state index in [2.05, 4.69) is 27.3 Å². The third kappa shape index (κ3) is 4.35. The second-order valence-corrected chi connectivity index (χ2v) is 9.47. The lowest BCUT2D eigenvalue weighted by Gasteiger charge is -2.21. The Bertz CT molecular complexity index is 1230. The first-order chi connectivity index (χ1) is 15.2. The molecule has 11 nitrogen and oxygen atoms in total. The van der Waals surface area contributed by atoms with E-state index >= 15 is 0 Å². The molecule has 0 fully saturated rings. The fourth-order valence-corrected chi connectivity index (χ4v) is 4.71. The number of aromatic nitrogens is 4.